The van der Waals surface area contributed by atoms with Crippen molar-refractivity contribution in [3.05, 3.63) is 11.6 Å². The Morgan fingerprint density at radius 2 is 2.18 bits per heavy atom. The van der Waals surface area contributed by atoms with Crippen LogP contribution in [-0.2, 0) is 22.6 Å². The highest BCUT2D eigenvalue weighted by molar-refractivity contribution is 5.76. The van der Waals surface area contributed by atoms with Gasteiger partial charge in [-0.15, -0.1) is 10.2 Å². The van der Waals surface area contributed by atoms with E-state index in [-0.39, 0.29) is 12.0 Å². The molecule has 0 aliphatic carbocycles. The Labute approximate surface area is 100 Å². The smallest absolute Gasteiger partial charge is 0.325 e. The number of ether oxygens (including phenoxy) is 1. The number of carbonyl (C=O) groups is 1. The van der Waals surface area contributed by atoms with E-state index in [2.05, 4.69) is 15.5 Å². The molecule has 2 rings (SSSR count). The molecule has 0 saturated heterocycles. The van der Waals surface area contributed by atoms with Crippen LogP contribution in [0, 0.1) is 6.92 Å². The molecule has 1 aliphatic rings. The van der Waals surface area contributed by atoms with E-state index in [0.717, 1.165) is 11.6 Å². The maximum Gasteiger partial charge on any atom is 0.325 e. The van der Waals surface area contributed by atoms with Gasteiger partial charge < -0.3 is 9.30 Å². The third-order valence-corrected chi connectivity index (χ3v) is 2.58. The molecule has 1 aliphatic heterocycles. The van der Waals surface area contributed by atoms with Crippen LogP contribution >= 0.6 is 0 Å². The molecule has 0 saturated carbocycles. The highest BCUT2D eigenvalue weighted by atomic mass is 16.6. The molecule has 0 spiro atoms. The van der Waals surface area contributed by atoms with Gasteiger partial charge in [0.05, 0.1) is 13.1 Å². The second-order valence-electron chi connectivity index (χ2n) is 5.24. The summed E-state index contributed by atoms with van der Waals surface area (Å²) < 4.78 is 7.30. The first-order valence-corrected chi connectivity index (χ1v) is 5.72. The van der Waals surface area contributed by atoms with Crippen LogP contribution in [0.1, 0.15) is 32.4 Å². The van der Waals surface area contributed by atoms with E-state index >= 15 is 0 Å². The second-order valence-corrected chi connectivity index (χ2v) is 5.24. The Morgan fingerprint density at radius 3 is 2.82 bits per heavy atom. The summed E-state index contributed by atoms with van der Waals surface area (Å²) in [7, 11) is 0. The first kappa shape index (κ1) is 12.0. The summed E-state index contributed by atoms with van der Waals surface area (Å²) in [6.45, 7) is 8.55. The lowest BCUT2D eigenvalue weighted by atomic mass is 10.1. The van der Waals surface area contributed by atoms with Gasteiger partial charge in [0, 0.05) is 0 Å². The minimum atomic E-state index is -0.457. The first-order valence-electron chi connectivity index (χ1n) is 5.72. The lowest BCUT2D eigenvalue weighted by Gasteiger charge is -2.27. The monoisotopic (exact) mass is 238 g/mol. The van der Waals surface area contributed by atoms with Crippen molar-refractivity contribution >= 4 is 5.97 Å². The number of nitrogens with one attached hydrogen (secondary N) is 1. The van der Waals surface area contributed by atoms with Crippen LogP contribution in [0.2, 0.25) is 0 Å². The fraction of sp³-hybridized carbons (Fsp3) is 0.727. The SMILES string of the molecule is Cc1nnc2n1C[C@@H](C(=O)OC(C)(C)C)NC2. The van der Waals surface area contributed by atoms with Crippen LogP contribution in [0.15, 0.2) is 0 Å². The van der Waals surface area contributed by atoms with Gasteiger partial charge in [-0.05, 0) is 27.7 Å². The number of rotatable bonds is 1. The maximum absolute atomic E-state index is 11.9. The van der Waals surface area contributed by atoms with E-state index in [1.807, 2.05) is 32.3 Å². The zero-order chi connectivity index (χ0) is 12.6. The van der Waals surface area contributed by atoms with Gasteiger partial charge in [0.2, 0.25) is 0 Å². The first-order chi connectivity index (χ1) is 7.87. The van der Waals surface area contributed by atoms with Crippen molar-refractivity contribution < 1.29 is 9.53 Å². The van der Waals surface area contributed by atoms with Crippen molar-refractivity contribution in [3.63, 3.8) is 0 Å². The van der Waals surface area contributed by atoms with Crippen molar-refractivity contribution in [2.45, 2.75) is 52.4 Å². The van der Waals surface area contributed by atoms with Gasteiger partial charge in [0.25, 0.3) is 0 Å². The van der Waals surface area contributed by atoms with E-state index in [0.29, 0.717) is 13.1 Å². The standard InChI is InChI=1S/C11H18N4O2/c1-7-13-14-9-5-12-8(6-15(7)9)10(16)17-11(2,3)4/h8,12H,5-6H2,1-4H3/t8-/m0/s1. The van der Waals surface area contributed by atoms with E-state index in [9.17, 15) is 4.79 Å². The molecule has 1 N–H and O–H groups in total. The van der Waals surface area contributed by atoms with Crippen LogP contribution in [0.4, 0.5) is 0 Å². The highest BCUT2D eigenvalue weighted by Gasteiger charge is 2.29. The molecule has 1 aromatic rings. The Hall–Kier alpha value is -1.43. The fourth-order valence-electron chi connectivity index (χ4n) is 1.79. The van der Waals surface area contributed by atoms with Gasteiger partial charge in [-0.2, -0.15) is 0 Å². The Balaban J connectivity index is 2.07. The zero-order valence-corrected chi connectivity index (χ0v) is 10.6. The molecule has 94 valence electrons. The van der Waals surface area contributed by atoms with E-state index in [4.69, 9.17) is 4.74 Å². The fourth-order valence-corrected chi connectivity index (χ4v) is 1.79. The molecule has 6 nitrogen and oxygen atoms in total. The minimum Gasteiger partial charge on any atom is -0.459 e. The second kappa shape index (κ2) is 4.10. The van der Waals surface area contributed by atoms with E-state index in [1.165, 1.54) is 0 Å². The topological polar surface area (TPSA) is 69.0 Å². The molecule has 0 radical (unpaired) electrons. The Morgan fingerprint density at radius 1 is 1.47 bits per heavy atom. The van der Waals surface area contributed by atoms with Crippen LogP contribution < -0.4 is 5.32 Å². The van der Waals surface area contributed by atoms with Crippen molar-refractivity contribution in [2.75, 3.05) is 0 Å². The van der Waals surface area contributed by atoms with Gasteiger partial charge in [-0.1, -0.05) is 0 Å². The van der Waals surface area contributed by atoms with Gasteiger partial charge in [0.15, 0.2) is 0 Å². The molecule has 0 fully saturated rings. The molecule has 6 heteroatoms. The normalized spacial score (nSPS) is 19.9. The third kappa shape index (κ3) is 2.63. The number of fused-ring (bicyclic) bond motifs is 1. The Bertz CT molecular complexity index is 433. The number of esters is 1. The van der Waals surface area contributed by atoms with Crippen LogP contribution in [-0.4, -0.2) is 32.4 Å². The van der Waals surface area contributed by atoms with E-state index < -0.39 is 5.60 Å². The Kier molecular flexibility index (Phi) is 2.91. The molecule has 17 heavy (non-hydrogen) atoms. The molecule has 1 atom stereocenters. The lowest BCUT2D eigenvalue weighted by Crippen LogP contribution is -2.47. The van der Waals surface area contributed by atoms with Crippen molar-refractivity contribution in [3.8, 4) is 0 Å². The summed E-state index contributed by atoms with van der Waals surface area (Å²) in [6.07, 6.45) is 0. The van der Waals surface area contributed by atoms with Crippen LogP contribution in [0.3, 0.4) is 0 Å². The number of aromatic nitrogens is 3. The zero-order valence-electron chi connectivity index (χ0n) is 10.6. The summed E-state index contributed by atoms with van der Waals surface area (Å²) >= 11 is 0. The lowest BCUT2D eigenvalue weighted by molar-refractivity contribution is -0.158. The molecule has 0 unspecified atom stereocenters. The molecule has 1 aromatic heterocycles. The average molecular weight is 238 g/mol. The maximum atomic E-state index is 11.9. The van der Waals surface area contributed by atoms with Gasteiger partial charge in [-0.25, -0.2) is 0 Å². The minimum absolute atomic E-state index is 0.226. The summed E-state index contributed by atoms with van der Waals surface area (Å²) in [5, 5.41) is 11.1. The molecular formula is C11H18N4O2. The van der Waals surface area contributed by atoms with Crippen molar-refractivity contribution in [1.82, 2.24) is 20.1 Å². The number of nitrogens with zero attached hydrogens (tertiary/aromatic N) is 3. The summed E-state index contributed by atoms with van der Waals surface area (Å²) in [5.41, 5.74) is -0.457. The molecule has 0 amide bonds. The number of hydrogen-bond acceptors (Lipinski definition) is 5. The molecule has 0 bridgehead atoms. The predicted octanol–water partition coefficient (Wildman–Crippen LogP) is 0.400. The number of aryl methyl sites for hydroxylation is 1. The highest BCUT2D eigenvalue weighted by Crippen LogP contribution is 2.13. The third-order valence-electron chi connectivity index (χ3n) is 2.58. The van der Waals surface area contributed by atoms with Crippen molar-refractivity contribution in [2.24, 2.45) is 0 Å². The molecule has 0 aromatic carbocycles. The van der Waals surface area contributed by atoms with Crippen LogP contribution in [0.25, 0.3) is 0 Å². The average Bonchev–Trinajstić information content (AvgIpc) is 2.57. The predicted molar refractivity (Wildman–Crippen MR) is 61.2 cm³/mol. The summed E-state index contributed by atoms with van der Waals surface area (Å²) in [5.74, 6) is 1.47. The van der Waals surface area contributed by atoms with Gasteiger partial charge >= 0.3 is 5.97 Å². The quantitative estimate of drug-likeness (QED) is 0.717. The van der Waals surface area contributed by atoms with Crippen LogP contribution in [0.5, 0.6) is 0 Å². The summed E-state index contributed by atoms with van der Waals surface area (Å²) in [6, 6.07) is -0.323. The largest absolute Gasteiger partial charge is 0.459 e. The molecule has 2 heterocycles. The molecular weight excluding hydrogens is 220 g/mol. The van der Waals surface area contributed by atoms with E-state index in [1.54, 1.807) is 0 Å². The number of carbonyl (C=O) groups excluding carboxylic acids is 1. The summed E-state index contributed by atoms with van der Waals surface area (Å²) in [4.78, 5) is 11.9. The number of hydrogen-bond donors (Lipinski definition) is 1. The van der Waals surface area contributed by atoms with Crippen molar-refractivity contribution in [1.29, 1.82) is 0 Å². The van der Waals surface area contributed by atoms with Gasteiger partial charge in [0.1, 0.15) is 23.3 Å². The van der Waals surface area contributed by atoms with Gasteiger partial charge in [-0.3, -0.25) is 10.1 Å².